The van der Waals surface area contributed by atoms with E-state index >= 15 is 0 Å². The smallest absolute Gasteiger partial charge is 0.325 e. The van der Waals surface area contributed by atoms with Gasteiger partial charge in [0.25, 0.3) is 5.56 Å². The summed E-state index contributed by atoms with van der Waals surface area (Å²) in [6.07, 6.45) is 1.40. The molecule has 3 rings (SSSR count). The Bertz CT molecular complexity index is 1110. The summed E-state index contributed by atoms with van der Waals surface area (Å²) in [4.78, 5) is 41.0. The third-order valence-electron chi connectivity index (χ3n) is 4.32. The van der Waals surface area contributed by atoms with Crippen LogP contribution < -0.4 is 21.9 Å². The molecule has 2 aromatic heterocycles. The zero-order valence-corrected chi connectivity index (χ0v) is 15.5. The number of fused-ring (bicyclic) bond motifs is 1. The second-order valence-electron chi connectivity index (χ2n) is 6.28. The average molecular weight is 370 g/mol. The van der Waals surface area contributed by atoms with Gasteiger partial charge in [-0.1, -0.05) is 19.1 Å². The SMILES string of the molecule is CCNCc1cccc(NC(=O)Cn2cnc3c2c(=O)n(C)c(=O)n3C)c1. The zero-order chi connectivity index (χ0) is 19.6. The fourth-order valence-corrected chi connectivity index (χ4v) is 2.90. The van der Waals surface area contributed by atoms with Crippen molar-refractivity contribution in [3.63, 3.8) is 0 Å². The molecule has 1 aromatic carbocycles. The molecule has 142 valence electrons. The number of amides is 1. The highest BCUT2D eigenvalue weighted by atomic mass is 16.2. The molecule has 27 heavy (non-hydrogen) atoms. The van der Waals surface area contributed by atoms with E-state index in [0.717, 1.165) is 23.2 Å². The van der Waals surface area contributed by atoms with Crippen molar-refractivity contribution in [3.8, 4) is 0 Å². The molecule has 0 aliphatic rings. The number of rotatable bonds is 6. The highest BCUT2D eigenvalue weighted by molar-refractivity contribution is 5.91. The van der Waals surface area contributed by atoms with Crippen molar-refractivity contribution in [1.29, 1.82) is 0 Å². The number of aryl methyl sites for hydroxylation is 1. The van der Waals surface area contributed by atoms with Gasteiger partial charge in [-0.05, 0) is 24.2 Å². The molecular weight excluding hydrogens is 348 g/mol. The van der Waals surface area contributed by atoms with Gasteiger partial charge in [0.1, 0.15) is 6.54 Å². The molecule has 0 saturated carbocycles. The largest absolute Gasteiger partial charge is 0.332 e. The van der Waals surface area contributed by atoms with E-state index in [-0.39, 0.29) is 23.6 Å². The molecule has 0 aliphatic heterocycles. The standard InChI is InChI=1S/C18H22N6O3/c1-4-19-9-12-6-5-7-13(8-12)21-14(25)10-24-11-20-16-15(24)17(26)23(3)18(27)22(16)2/h5-8,11,19H,4,9-10H2,1-3H3,(H,21,25). The summed E-state index contributed by atoms with van der Waals surface area (Å²) < 4.78 is 3.74. The number of hydrogen-bond acceptors (Lipinski definition) is 5. The minimum absolute atomic E-state index is 0.0820. The van der Waals surface area contributed by atoms with Gasteiger partial charge in [0, 0.05) is 26.3 Å². The molecule has 2 N–H and O–H groups in total. The normalized spacial score (nSPS) is 11.1. The summed E-state index contributed by atoms with van der Waals surface area (Å²) in [6, 6.07) is 7.56. The van der Waals surface area contributed by atoms with E-state index in [9.17, 15) is 14.4 Å². The third kappa shape index (κ3) is 3.68. The molecule has 0 saturated heterocycles. The lowest BCUT2D eigenvalue weighted by atomic mass is 10.2. The van der Waals surface area contributed by atoms with Gasteiger partial charge in [-0.15, -0.1) is 0 Å². The van der Waals surface area contributed by atoms with Crippen molar-refractivity contribution in [2.75, 3.05) is 11.9 Å². The predicted octanol–water partition coefficient (Wildman–Crippen LogP) is 0.182. The van der Waals surface area contributed by atoms with Gasteiger partial charge in [0.15, 0.2) is 11.2 Å². The Morgan fingerprint density at radius 3 is 2.70 bits per heavy atom. The van der Waals surface area contributed by atoms with E-state index < -0.39 is 11.2 Å². The first-order valence-electron chi connectivity index (χ1n) is 8.62. The monoisotopic (exact) mass is 370 g/mol. The maximum absolute atomic E-state index is 12.4. The highest BCUT2D eigenvalue weighted by Crippen LogP contribution is 2.11. The van der Waals surface area contributed by atoms with Crippen molar-refractivity contribution < 1.29 is 4.79 Å². The summed E-state index contributed by atoms with van der Waals surface area (Å²) in [5, 5.41) is 6.06. The molecule has 9 heteroatoms. The first kappa shape index (κ1) is 18.6. The van der Waals surface area contributed by atoms with Crippen molar-refractivity contribution in [3.05, 3.63) is 57.0 Å². The van der Waals surface area contributed by atoms with Crippen LogP contribution in [0.15, 0.2) is 40.2 Å². The molecule has 1 amide bonds. The van der Waals surface area contributed by atoms with E-state index in [1.54, 1.807) is 0 Å². The van der Waals surface area contributed by atoms with E-state index in [1.165, 1.54) is 29.6 Å². The molecule has 0 unspecified atom stereocenters. The van der Waals surface area contributed by atoms with E-state index in [0.29, 0.717) is 5.69 Å². The van der Waals surface area contributed by atoms with Crippen molar-refractivity contribution in [2.24, 2.45) is 14.1 Å². The summed E-state index contributed by atoms with van der Waals surface area (Å²) in [5.74, 6) is -0.286. The molecule has 0 spiro atoms. The highest BCUT2D eigenvalue weighted by Gasteiger charge is 2.16. The molecule has 0 atom stereocenters. The van der Waals surface area contributed by atoms with Gasteiger partial charge < -0.3 is 15.2 Å². The Hall–Kier alpha value is -3.20. The third-order valence-corrected chi connectivity index (χ3v) is 4.32. The Kier molecular flexibility index (Phi) is 5.22. The van der Waals surface area contributed by atoms with Crippen LogP contribution in [0.25, 0.3) is 11.2 Å². The number of nitrogens with one attached hydrogen (secondary N) is 2. The molecule has 2 heterocycles. The van der Waals surface area contributed by atoms with Crippen LogP contribution in [-0.2, 0) is 32.0 Å². The van der Waals surface area contributed by atoms with Gasteiger partial charge in [0.2, 0.25) is 5.91 Å². The van der Waals surface area contributed by atoms with Crippen LogP contribution in [0.5, 0.6) is 0 Å². The topological polar surface area (TPSA) is 103 Å². The van der Waals surface area contributed by atoms with Crippen molar-refractivity contribution >= 4 is 22.8 Å². The van der Waals surface area contributed by atoms with Crippen LogP contribution in [0.3, 0.4) is 0 Å². The van der Waals surface area contributed by atoms with Gasteiger partial charge in [0.05, 0.1) is 6.33 Å². The molecule has 9 nitrogen and oxygen atoms in total. The Morgan fingerprint density at radius 1 is 1.19 bits per heavy atom. The van der Waals surface area contributed by atoms with Crippen LogP contribution in [-0.4, -0.2) is 31.1 Å². The molecule has 0 aliphatic carbocycles. The predicted molar refractivity (Wildman–Crippen MR) is 103 cm³/mol. The van der Waals surface area contributed by atoms with E-state index in [1.807, 2.05) is 31.2 Å². The molecule has 0 fully saturated rings. The minimum Gasteiger partial charge on any atom is -0.325 e. The lowest BCUT2D eigenvalue weighted by molar-refractivity contribution is -0.116. The molecule has 0 radical (unpaired) electrons. The Labute approximate surface area is 155 Å². The number of hydrogen-bond donors (Lipinski definition) is 2. The number of nitrogens with zero attached hydrogens (tertiary/aromatic N) is 4. The summed E-state index contributed by atoms with van der Waals surface area (Å²) in [7, 11) is 2.94. The zero-order valence-electron chi connectivity index (χ0n) is 15.5. The molecule has 3 aromatic rings. The summed E-state index contributed by atoms with van der Waals surface area (Å²) in [6.45, 7) is 3.53. The Morgan fingerprint density at radius 2 is 1.96 bits per heavy atom. The molecular formula is C18H22N6O3. The van der Waals surface area contributed by atoms with Gasteiger partial charge in [-0.25, -0.2) is 9.78 Å². The van der Waals surface area contributed by atoms with E-state index in [4.69, 9.17) is 0 Å². The van der Waals surface area contributed by atoms with Gasteiger partial charge >= 0.3 is 5.69 Å². The quantitative estimate of drug-likeness (QED) is 0.644. The maximum Gasteiger partial charge on any atom is 0.332 e. The second kappa shape index (κ2) is 7.58. The number of carbonyl (C=O) groups excluding carboxylic acids is 1. The minimum atomic E-state index is -0.481. The second-order valence-corrected chi connectivity index (χ2v) is 6.28. The fraction of sp³-hybridized carbons (Fsp3) is 0.333. The van der Waals surface area contributed by atoms with Crippen LogP contribution >= 0.6 is 0 Å². The molecule has 0 bridgehead atoms. The lowest BCUT2D eigenvalue weighted by Gasteiger charge is -2.09. The number of aromatic nitrogens is 4. The Balaban J connectivity index is 1.83. The van der Waals surface area contributed by atoms with Crippen molar-refractivity contribution in [1.82, 2.24) is 24.0 Å². The van der Waals surface area contributed by atoms with E-state index in [2.05, 4.69) is 15.6 Å². The average Bonchev–Trinajstić information content (AvgIpc) is 3.06. The van der Waals surface area contributed by atoms with Crippen LogP contribution in [0.1, 0.15) is 12.5 Å². The first-order chi connectivity index (χ1) is 12.9. The fourth-order valence-electron chi connectivity index (χ4n) is 2.90. The maximum atomic E-state index is 12.4. The van der Waals surface area contributed by atoms with Gasteiger partial charge in [-0.2, -0.15) is 0 Å². The summed E-state index contributed by atoms with van der Waals surface area (Å²) in [5.41, 5.74) is 1.27. The lowest BCUT2D eigenvalue weighted by Crippen LogP contribution is -2.37. The number of benzene rings is 1. The van der Waals surface area contributed by atoms with Crippen LogP contribution in [0.4, 0.5) is 5.69 Å². The first-order valence-corrected chi connectivity index (χ1v) is 8.62. The summed E-state index contributed by atoms with van der Waals surface area (Å²) >= 11 is 0. The van der Waals surface area contributed by atoms with Crippen LogP contribution in [0.2, 0.25) is 0 Å². The number of carbonyl (C=O) groups is 1. The number of imidazole rings is 1. The van der Waals surface area contributed by atoms with Crippen molar-refractivity contribution in [2.45, 2.75) is 20.0 Å². The van der Waals surface area contributed by atoms with Crippen LogP contribution in [0, 0.1) is 0 Å². The van der Waals surface area contributed by atoms with Gasteiger partial charge in [-0.3, -0.25) is 18.7 Å². The number of anilines is 1.